The van der Waals surface area contributed by atoms with Crippen LogP contribution < -0.4 is 0 Å². The molecule has 4 nitrogen and oxygen atoms in total. The van der Waals surface area contributed by atoms with Gasteiger partial charge in [-0.3, -0.25) is 0 Å². The molecule has 6 aromatic rings. The summed E-state index contributed by atoms with van der Waals surface area (Å²) in [6, 6.07) is 26.7. The third-order valence-electron chi connectivity index (χ3n) is 4.90. The number of nitrogens with zero attached hydrogens (tertiary/aromatic N) is 2. The molecule has 0 bridgehead atoms. The van der Waals surface area contributed by atoms with Gasteiger partial charge in [-0.15, -0.1) is 11.3 Å². The number of hydrogen-bond donors (Lipinski definition) is 2. The van der Waals surface area contributed by atoms with E-state index in [1.54, 1.807) is 17.7 Å². The summed E-state index contributed by atoms with van der Waals surface area (Å²) >= 11 is 1.68. The second-order valence-electron chi connectivity index (χ2n) is 8.26. The lowest BCUT2D eigenvalue weighted by atomic mass is 9.92. The van der Waals surface area contributed by atoms with Crippen molar-refractivity contribution in [3.05, 3.63) is 96.4 Å². The molecule has 0 unspecified atom stereocenters. The Hall–Kier alpha value is -3.44. The molecule has 0 saturated carbocycles. The molecule has 6 rings (SSSR count). The summed E-state index contributed by atoms with van der Waals surface area (Å²) < 4.78 is 1.26. The number of fused-ring (bicyclic) bond motifs is 3. The minimum absolute atomic E-state index is 0.207. The standard InChI is InChI=1S/C12H15N.C7H6N2.C7H5NS/c1-12(2,3)11-8-9-6-4-5-7-10(9)13-11;2*1-2-4-7-6(3-1)8-5-9-7/h4-8,13H,1-3H3;1-5H,(H,8,9);1-5H. The minimum Gasteiger partial charge on any atom is -0.358 e. The largest absolute Gasteiger partial charge is 0.358 e. The molecule has 0 amide bonds. The maximum Gasteiger partial charge on any atom is 0.0931 e. The molecular formula is C26H26N4S. The SMILES string of the molecule is CC(C)(C)c1cc2ccccc2[nH]1.c1ccc2[nH]cnc2c1.c1ccc2scnc2c1. The first-order valence-corrected chi connectivity index (χ1v) is 11.1. The number of hydrogen-bond acceptors (Lipinski definition) is 3. The minimum atomic E-state index is 0.207. The van der Waals surface area contributed by atoms with Gasteiger partial charge in [0, 0.05) is 16.6 Å². The van der Waals surface area contributed by atoms with E-state index in [1.165, 1.54) is 21.3 Å². The van der Waals surface area contributed by atoms with Gasteiger partial charge < -0.3 is 9.97 Å². The van der Waals surface area contributed by atoms with Crippen LogP contribution >= 0.6 is 11.3 Å². The van der Waals surface area contributed by atoms with Crippen LogP contribution in [0.15, 0.2) is 90.7 Å². The average Bonchev–Trinajstić information content (AvgIpc) is 3.52. The number of para-hydroxylation sites is 4. The third kappa shape index (κ3) is 5.19. The van der Waals surface area contributed by atoms with Crippen molar-refractivity contribution in [3.8, 4) is 0 Å². The first-order valence-electron chi connectivity index (χ1n) is 10.3. The molecule has 0 aliphatic heterocycles. The van der Waals surface area contributed by atoms with Crippen molar-refractivity contribution in [2.75, 3.05) is 0 Å². The van der Waals surface area contributed by atoms with Gasteiger partial charge in [0.2, 0.25) is 0 Å². The van der Waals surface area contributed by atoms with Crippen molar-refractivity contribution < 1.29 is 0 Å². The first kappa shape index (κ1) is 20.8. The molecule has 31 heavy (non-hydrogen) atoms. The van der Waals surface area contributed by atoms with Crippen LogP contribution in [0.2, 0.25) is 0 Å². The van der Waals surface area contributed by atoms with Crippen LogP contribution in [0, 0.1) is 0 Å². The normalized spacial score (nSPS) is 11.1. The Labute approximate surface area is 186 Å². The highest BCUT2D eigenvalue weighted by molar-refractivity contribution is 7.16. The summed E-state index contributed by atoms with van der Waals surface area (Å²) in [4.78, 5) is 14.6. The molecule has 0 atom stereocenters. The topological polar surface area (TPSA) is 57.4 Å². The monoisotopic (exact) mass is 426 g/mol. The van der Waals surface area contributed by atoms with Crippen molar-refractivity contribution in [1.29, 1.82) is 0 Å². The Morgan fingerprint density at radius 2 is 1.42 bits per heavy atom. The summed E-state index contributed by atoms with van der Waals surface area (Å²) in [6.45, 7) is 6.66. The van der Waals surface area contributed by atoms with Crippen molar-refractivity contribution in [3.63, 3.8) is 0 Å². The van der Waals surface area contributed by atoms with E-state index in [0.29, 0.717) is 0 Å². The van der Waals surface area contributed by atoms with Gasteiger partial charge in [0.05, 0.1) is 33.1 Å². The van der Waals surface area contributed by atoms with E-state index in [1.807, 2.05) is 48.0 Å². The predicted octanol–water partition coefficient (Wildman–Crippen LogP) is 7.32. The average molecular weight is 427 g/mol. The molecule has 3 aromatic carbocycles. The van der Waals surface area contributed by atoms with E-state index in [0.717, 1.165) is 16.6 Å². The van der Waals surface area contributed by atoms with Gasteiger partial charge in [0.15, 0.2) is 0 Å². The van der Waals surface area contributed by atoms with E-state index in [9.17, 15) is 0 Å². The van der Waals surface area contributed by atoms with Crippen LogP contribution in [0.3, 0.4) is 0 Å². The Morgan fingerprint density at radius 1 is 0.742 bits per heavy atom. The lowest BCUT2D eigenvalue weighted by Gasteiger charge is -2.15. The number of nitrogens with one attached hydrogen (secondary N) is 2. The van der Waals surface area contributed by atoms with Crippen molar-refractivity contribution in [1.82, 2.24) is 19.9 Å². The molecular weight excluding hydrogens is 400 g/mol. The third-order valence-corrected chi connectivity index (χ3v) is 5.71. The van der Waals surface area contributed by atoms with Gasteiger partial charge in [-0.2, -0.15) is 0 Å². The van der Waals surface area contributed by atoms with Crippen LogP contribution in [0.4, 0.5) is 0 Å². The number of H-pyrrole nitrogens is 2. The van der Waals surface area contributed by atoms with Crippen molar-refractivity contribution in [2.45, 2.75) is 26.2 Å². The number of benzene rings is 3. The molecule has 3 heterocycles. The van der Waals surface area contributed by atoms with E-state index in [-0.39, 0.29) is 5.41 Å². The van der Waals surface area contributed by atoms with Crippen molar-refractivity contribution >= 4 is 43.5 Å². The summed E-state index contributed by atoms with van der Waals surface area (Å²) in [5, 5.41) is 1.30. The van der Waals surface area contributed by atoms with Gasteiger partial charge in [0.1, 0.15) is 0 Å². The Bertz CT molecular complexity index is 1230. The van der Waals surface area contributed by atoms with Crippen LogP contribution in [0.25, 0.3) is 32.2 Å². The van der Waals surface area contributed by atoms with Gasteiger partial charge in [-0.05, 0) is 41.8 Å². The van der Waals surface area contributed by atoms with E-state index in [4.69, 9.17) is 0 Å². The highest BCUT2D eigenvalue weighted by atomic mass is 32.1. The number of aromatic nitrogens is 4. The summed E-state index contributed by atoms with van der Waals surface area (Å²) in [5.74, 6) is 0. The van der Waals surface area contributed by atoms with Gasteiger partial charge in [-0.1, -0.05) is 63.2 Å². The second-order valence-corrected chi connectivity index (χ2v) is 9.15. The predicted molar refractivity (Wildman–Crippen MR) is 133 cm³/mol. The maximum atomic E-state index is 4.14. The van der Waals surface area contributed by atoms with Gasteiger partial charge in [0.25, 0.3) is 0 Å². The lowest BCUT2D eigenvalue weighted by Crippen LogP contribution is -2.10. The van der Waals surface area contributed by atoms with Crippen LogP contribution in [-0.2, 0) is 5.41 Å². The Morgan fingerprint density at radius 3 is 2.13 bits per heavy atom. The van der Waals surface area contributed by atoms with Crippen LogP contribution in [0.5, 0.6) is 0 Å². The smallest absolute Gasteiger partial charge is 0.0931 e. The quantitative estimate of drug-likeness (QED) is 0.267. The maximum absolute atomic E-state index is 4.14. The molecule has 0 spiro atoms. The van der Waals surface area contributed by atoms with E-state index < -0.39 is 0 Å². The molecule has 156 valence electrons. The Balaban J connectivity index is 0.000000115. The molecule has 0 saturated heterocycles. The Kier molecular flexibility index (Phi) is 6.14. The number of imidazole rings is 1. The zero-order valence-corrected chi connectivity index (χ0v) is 18.8. The zero-order valence-electron chi connectivity index (χ0n) is 18.0. The fourth-order valence-electron chi connectivity index (χ4n) is 3.16. The fraction of sp³-hybridized carbons (Fsp3) is 0.154. The van der Waals surface area contributed by atoms with Crippen LogP contribution in [-0.4, -0.2) is 19.9 Å². The van der Waals surface area contributed by atoms with E-state index in [2.05, 4.69) is 77.1 Å². The first-order chi connectivity index (χ1) is 15.0. The molecule has 0 aliphatic rings. The summed E-state index contributed by atoms with van der Waals surface area (Å²) in [7, 11) is 0. The lowest BCUT2D eigenvalue weighted by molar-refractivity contribution is 0.574. The highest BCUT2D eigenvalue weighted by Crippen LogP contribution is 2.25. The molecule has 0 aliphatic carbocycles. The number of aromatic amines is 2. The molecule has 2 N–H and O–H groups in total. The number of thiazole rings is 1. The van der Waals surface area contributed by atoms with Crippen molar-refractivity contribution in [2.24, 2.45) is 0 Å². The van der Waals surface area contributed by atoms with Gasteiger partial charge >= 0.3 is 0 Å². The van der Waals surface area contributed by atoms with E-state index >= 15 is 0 Å². The highest BCUT2D eigenvalue weighted by Gasteiger charge is 2.15. The zero-order chi connectivity index (χ0) is 21.7. The molecule has 5 heteroatoms. The molecule has 0 fully saturated rings. The summed E-state index contributed by atoms with van der Waals surface area (Å²) in [6.07, 6.45) is 1.70. The summed E-state index contributed by atoms with van der Waals surface area (Å²) in [5.41, 5.74) is 7.82. The fourth-order valence-corrected chi connectivity index (χ4v) is 3.84. The molecule has 3 aromatic heterocycles. The van der Waals surface area contributed by atoms with Gasteiger partial charge in [-0.25, -0.2) is 9.97 Å². The molecule has 0 radical (unpaired) electrons. The second kappa shape index (κ2) is 9.14. The number of rotatable bonds is 0. The van der Waals surface area contributed by atoms with Crippen LogP contribution in [0.1, 0.15) is 26.5 Å².